The summed E-state index contributed by atoms with van der Waals surface area (Å²) in [6, 6.07) is 0. The van der Waals surface area contributed by atoms with E-state index < -0.39 is 27.6 Å². The van der Waals surface area contributed by atoms with Crippen molar-refractivity contribution >= 4 is 27.1 Å². The Bertz CT molecular complexity index is 1680. The van der Waals surface area contributed by atoms with Gasteiger partial charge < -0.3 is 10.0 Å². The van der Waals surface area contributed by atoms with Crippen molar-refractivity contribution in [1.29, 1.82) is 0 Å². The number of carboxylic acids is 1. The molecule has 1 saturated heterocycles. The zero-order valence-corrected chi connectivity index (χ0v) is 34.8. The molecular weight excluding hydrogens is 682 g/mol. The lowest BCUT2D eigenvalue weighted by Gasteiger charge is -2.72. The molecule has 5 nitrogen and oxygen atoms in total. The fraction of sp³-hybridized carbons (Fsp3) is 0.804. The Morgan fingerprint density at radius 1 is 0.925 bits per heavy atom. The lowest BCUT2D eigenvalue weighted by molar-refractivity contribution is -0.226. The molecule has 0 spiro atoms. The highest BCUT2D eigenvalue weighted by molar-refractivity contribution is 8.00. The number of hydrogen-bond acceptors (Lipinski definition) is 4. The molecule has 7 heteroatoms. The molecule has 53 heavy (non-hydrogen) atoms. The van der Waals surface area contributed by atoms with Gasteiger partial charge in [-0.2, -0.15) is 0 Å². The molecular formula is C46H70FNO4S. The number of ketones is 1. The molecule has 6 aliphatic carbocycles. The van der Waals surface area contributed by atoms with Crippen LogP contribution in [0.15, 0.2) is 35.5 Å². The van der Waals surface area contributed by atoms with Crippen LogP contribution in [0.2, 0.25) is 0 Å². The third-order valence-corrected chi connectivity index (χ3v) is 20.2. The highest BCUT2D eigenvalue weighted by Gasteiger charge is 2.71. The average Bonchev–Trinajstić information content (AvgIpc) is 3.50. The van der Waals surface area contributed by atoms with Gasteiger partial charge in [-0.3, -0.25) is 13.8 Å². The Balaban J connectivity index is 1.13. The van der Waals surface area contributed by atoms with E-state index in [1.54, 1.807) is 0 Å². The van der Waals surface area contributed by atoms with Crippen LogP contribution in [0, 0.1) is 62.1 Å². The SMILES string of the molecule is C=C(C)[C@@H]1CC[C@]2(C(=O)CCCN3CCS(=C)(=O)CC3)CC[C@]3(C)[C@H](CC[C@@H]4[C@@]5(C)CC=C(C6=CC[C@@](CF)(C(=O)O)CC6)C(C)(C)[C@@H]5CC[C@]43C)[C@@H]12. The molecule has 0 bridgehead atoms. The Morgan fingerprint density at radius 2 is 1.64 bits per heavy atom. The van der Waals surface area contributed by atoms with Crippen molar-refractivity contribution in [2.24, 2.45) is 62.1 Å². The second kappa shape index (κ2) is 13.4. The number of hydrogen-bond donors (Lipinski definition) is 1. The Labute approximate surface area is 321 Å². The standard InChI is InChI=1S/C46H70FNO4S/c1-31(2)33-15-22-46(38(49)10-9-25-48-26-28-53(8,52)29-27-48)24-23-43(6)35(39(33)46)11-12-37-42(5)18-16-34(41(3,4)36(42)17-19-44(37,43)7)32-13-20-45(30-47,21-14-32)40(50)51/h13,16,33,35-37,39H,1,8-12,14-15,17-30H2,2-7H3,(H,50,51)/t33-,35+,36-,37+,39+,42-,43+,44+,45+,46+/m0/s1. The van der Waals surface area contributed by atoms with E-state index in [1.807, 2.05) is 0 Å². The number of Topliss-reactive ketones (excluding diaryl/α,β-unsaturated/α-hetero) is 1. The van der Waals surface area contributed by atoms with Gasteiger partial charge in [0.1, 0.15) is 12.5 Å². The van der Waals surface area contributed by atoms with Crippen molar-refractivity contribution in [3.63, 3.8) is 0 Å². The number of carboxylic acid groups (broad SMARTS) is 1. The summed E-state index contributed by atoms with van der Waals surface area (Å²) in [6.07, 6.45) is 17.6. The normalized spacial score (nSPS) is 44.7. The van der Waals surface area contributed by atoms with Crippen LogP contribution in [0.25, 0.3) is 0 Å². The molecule has 4 saturated carbocycles. The van der Waals surface area contributed by atoms with E-state index in [-0.39, 0.29) is 33.5 Å². The maximum Gasteiger partial charge on any atom is 0.312 e. The van der Waals surface area contributed by atoms with Gasteiger partial charge in [0.25, 0.3) is 0 Å². The molecule has 0 aromatic rings. The Kier molecular flexibility index (Phi) is 10.0. The van der Waals surface area contributed by atoms with E-state index in [1.165, 1.54) is 42.4 Å². The van der Waals surface area contributed by atoms with Gasteiger partial charge in [0.15, 0.2) is 0 Å². The van der Waals surface area contributed by atoms with Crippen molar-refractivity contribution in [1.82, 2.24) is 4.90 Å². The quantitative estimate of drug-likeness (QED) is 0.188. The molecule has 1 N–H and O–H groups in total. The summed E-state index contributed by atoms with van der Waals surface area (Å²) >= 11 is 0. The molecule has 0 unspecified atom stereocenters. The van der Waals surface area contributed by atoms with E-state index in [2.05, 4.69) is 71.0 Å². The lowest BCUT2D eigenvalue weighted by Crippen LogP contribution is -2.66. The first-order chi connectivity index (χ1) is 24.8. The summed E-state index contributed by atoms with van der Waals surface area (Å²) in [6.45, 7) is 21.3. The number of halogens is 1. The highest BCUT2D eigenvalue weighted by Crippen LogP contribution is 2.78. The van der Waals surface area contributed by atoms with Crippen molar-refractivity contribution < 1.29 is 23.3 Å². The number of allylic oxidation sites excluding steroid dienone is 5. The number of alkyl halides is 1. The minimum atomic E-state index is -1.91. The van der Waals surface area contributed by atoms with Gasteiger partial charge in [-0.05, 0) is 175 Å². The first-order valence-electron chi connectivity index (χ1n) is 21.2. The molecule has 1 heterocycles. The van der Waals surface area contributed by atoms with Gasteiger partial charge in [-0.25, -0.2) is 4.39 Å². The molecule has 7 rings (SSSR count). The highest BCUT2D eigenvalue weighted by atomic mass is 32.2. The van der Waals surface area contributed by atoms with E-state index in [4.69, 9.17) is 0 Å². The largest absolute Gasteiger partial charge is 0.481 e. The summed E-state index contributed by atoms with van der Waals surface area (Å²) in [4.78, 5) is 29.0. The van der Waals surface area contributed by atoms with Crippen molar-refractivity contribution in [3.8, 4) is 0 Å². The number of aliphatic carboxylic acids is 1. The topological polar surface area (TPSA) is 74.7 Å². The molecule has 1 aliphatic heterocycles. The minimum Gasteiger partial charge on any atom is -0.481 e. The van der Waals surface area contributed by atoms with Gasteiger partial charge in [-0.1, -0.05) is 58.9 Å². The first kappa shape index (κ1) is 39.5. The van der Waals surface area contributed by atoms with Crippen LogP contribution >= 0.6 is 0 Å². The summed E-state index contributed by atoms with van der Waals surface area (Å²) in [5.74, 6) is 7.26. The van der Waals surface area contributed by atoms with Crippen molar-refractivity contribution in [2.45, 2.75) is 131 Å². The smallest absolute Gasteiger partial charge is 0.312 e. The number of fused-ring (bicyclic) bond motifs is 7. The predicted octanol–water partition coefficient (Wildman–Crippen LogP) is 9.71. The van der Waals surface area contributed by atoms with E-state index >= 15 is 0 Å². The molecule has 296 valence electrons. The summed E-state index contributed by atoms with van der Waals surface area (Å²) in [7, 11) is -1.91. The van der Waals surface area contributed by atoms with Crippen LogP contribution in [0.3, 0.4) is 0 Å². The first-order valence-corrected chi connectivity index (χ1v) is 23.3. The van der Waals surface area contributed by atoms with Crippen LogP contribution < -0.4 is 0 Å². The predicted molar refractivity (Wildman–Crippen MR) is 216 cm³/mol. The third-order valence-electron chi connectivity index (χ3n) is 18.3. The summed E-state index contributed by atoms with van der Waals surface area (Å²) in [5, 5.41) is 9.82. The van der Waals surface area contributed by atoms with Gasteiger partial charge in [0.05, 0.1) is 5.41 Å². The summed E-state index contributed by atoms with van der Waals surface area (Å²) in [5.41, 5.74) is 2.91. The molecule has 5 fully saturated rings. The molecule has 0 aromatic carbocycles. The minimum absolute atomic E-state index is 0.0393. The average molecular weight is 752 g/mol. The summed E-state index contributed by atoms with van der Waals surface area (Å²) < 4.78 is 26.4. The van der Waals surface area contributed by atoms with Gasteiger partial charge >= 0.3 is 5.97 Å². The molecule has 0 amide bonds. The maximum absolute atomic E-state index is 14.7. The van der Waals surface area contributed by atoms with Crippen LogP contribution in [0.1, 0.15) is 131 Å². The van der Waals surface area contributed by atoms with Crippen LogP contribution in [-0.2, 0) is 19.1 Å². The molecule has 0 aromatic heterocycles. The Morgan fingerprint density at radius 3 is 2.26 bits per heavy atom. The fourth-order valence-corrected chi connectivity index (χ4v) is 16.4. The van der Waals surface area contributed by atoms with Gasteiger partial charge in [-0.15, -0.1) is 0 Å². The number of carbonyl (C=O) groups excluding carboxylic acids is 1. The second-order valence-electron chi connectivity index (χ2n) is 20.8. The molecule has 7 aliphatic rings. The van der Waals surface area contributed by atoms with Crippen LogP contribution in [0.4, 0.5) is 4.39 Å². The van der Waals surface area contributed by atoms with E-state index in [0.29, 0.717) is 66.1 Å². The zero-order valence-electron chi connectivity index (χ0n) is 34.0. The number of carbonyl (C=O) groups is 2. The van der Waals surface area contributed by atoms with Crippen molar-refractivity contribution in [2.75, 3.05) is 37.8 Å². The fourth-order valence-electron chi connectivity index (χ4n) is 15.0. The Hall–Kier alpha value is -1.73. The van der Waals surface area contributed by atoms with Crippen LogP contribution in [0.5, 0.6) is 0 Å². The third kappa shape index (κ3) is 5.95. The van der Waals surface area contributed by atoms with Gasteiger partial charge in [0, 0.05) is 36.4 Å². The van der Waals surface area contributed by atoms with Gasteiger partial charge in [0.2, 0.25) is 0 Å². The van der Waals surface area contributed by atoms with Crippen LogP contribution in [-0.4, -0.2) is 69.7 Å². The maximum atomic E-state index is 14.7. The lowest BCUT2D eigenvalue weighted by atomic mass is 9.32. The monoisotopic (exact) mass is 752 g/mol. The number of nitrogens with zero attached hydrogens (tertiary/aromatic N) is 1. The zero-order chi connectivity index (χ0) is 38.4. The van der Waals surface area contributed by atoms with E-state index in [9.17, 15) is 23.3 Å². The van der Waals surface area contributed by atoms with Crippen molar-refractivity contribution in [3.05, 3.63) is 35.5 Å². The molecule has 0 radical (unpaired) electrons. The molecule has 10 atom stereocenters. The second-order valence-corrected chi connectivity index (χ2v) is 23.5. The number of rotatable bonds is 9. The van der Waals surface area contributed by atoms with E-state index in [0.717, 1.165) is 58.2 Å².